The van der Waals surface area contributed by atoms with Crippen molar-refractivity contribution in [1.29, 1.82) is 0 Å². The summed E-state index contributed by atoms with van der Waals surface area (Å²) in [6, 6.07) is 13.4. The molecule has 0 atom stereocenters. The third kappa shape index (κ3) is 5.15. The number of carbonyl (C=O) groups is 1. The summed E-state index contributed by atoms with van der Waals surface area (Å²) >= 11 is 0. The number of esters is 1. The number of nitrogens with zero attached hydrogens (tertiary/aromatic N) is 1. The van der Waals surface area contributed by atoms with Gasteiger partial charge in [-0.25, -0.2) is 13.2 Å². The molecule has 0 N–H and O–H groups in total. The first kappa shape index (κ1) is 21.1. The zero-order valence-corrected chi connectivity index (χ0v) is 17.0. The summed E-state index contributed by atoms with van der Waals surface area (Å²) in [6.45, 7) is 6.55. The van der Waals surface area contributed by atoms with E-state index < -0.39 is 16.0 Å². The van der Waals surface area contributed by atoms with Crippen LogP contribution in [0.15, 0.2) is 53.4 Å². The van der Waals surface area contributed by atoms with E-state index >= 15 is 0 Å². The molecule has 0 saturated heterocycles. The molecule has 0 aliphatic rings. The fourth-order valence-corrected chi connectivity index (χ4v) is 3.32. The van der Waals surface area contributed by atoms with E-state index in [2.05, 4.69) is 20.8 Å². The minimum absolute atomic E-state index is 0.0289. The molecule has 0 bridgehead atoms. The van der Waals surface area contributed by atoms with Crippen molar-refractivity contribution in [3.05, 3.63) is 65.2 Å². The zero-order chi connectivity index (χ0) is 20.2. The van der Waals surface area contributed by atoms with Crippen molar-refractivity contribution in [2.45, 2.75) is 37.7 Å². The van der Waals surface area contributed by atoms with Crippen LogP contribution in [0, 0.1) is 0 Å². The zero-order valence-electron chi connectivity index (χ0n) is 16.2. The normalized spacial score (nSPS) is 12.2. The molecule has 0 unspecified atom stereocenters. The highest BCUT2D eigenvalue weighted by Gasteiger charge is 2.21. The van der Waals surface area contributed by atoms with Crippen LogP contribution in [-0.2, 0) is 31.6 Å². The predicted molar refractivity (Wildman–Crippen MR) is 103 cm³/mol. The number of hydrogen-bond donors (Lipinski definition) is 0. The summed E-state index contributed by atoms with van der Waals surface area (Å²) < 4.78 is 30.3. The average molecular weight is 391 g/mol. The van der Waals surface area contributed by atoms with Gasteiger partial charge in [0.2, 0.25) is 0 Å². The Hall–Kier alpha value is -2.22. The van der Waals surface area contributed by atoms with E-state index in [0.717, 1.165) is 10.0 Å². The van der Waals surface area contributed by atoms with Gasteiger partial charge in [0.15, 0.2) is 0 Å². The molecule has 0 spiro atoms. The van der Waals surface area contributed by atoms with Crippen LogP contribution in [0.1, 0.15) is 42.3 Å². The average Bonchev–Trinajstić information content (AvgIpc) is 2.65. The summed E-state index contributed by atoms with van der Waals surface area (Å²) in [4.78, 5) is 16.9. The van der Waals surface area contributed by atoms with E-state index in [-0.39, 0.29) is 22.5 Å². The molecule has 2 aromatic rings. The molecule has 0 heterocycles. The van der Waals surface area contributed by atoms with Crippen molar-refractivity contribution in [1.82, 2.24) is 4.47 Å². The highest BCUT2D eigenvalue weighted by molar-refractivity contribution is 7.89. The molecule has 146 valence electrons. The van der Waals surface area contributed by atoms with Gasteiger partial charge in [0, 0.05) is 7.05 Å². The van der Waals surface area contributed by atoms with Crippen LogP contribution >= 0.6 is 0 Å². The van der Waals surface area contributed by atoms with Gasteiger partial charge in [0.1, 0.15) is 6.61 Å². The van der Waals surface area contributed by atoms with Crippen molar-refractivity contribution in [3.63, 3.8) is 0 Å². The van der Waals surface area contributed by atoms with Gasteiger partial charge in [0.05, 0.1) is 17.6 Å². The number of hydroxylamine groups is 1. The first-order valence-electron chi connectivity index (χ1n) is 8.45. The van der Waals surface area contributed by atoms with Crippen molar-refractivity contribution in [2.24, 2.45) is 0 Å². The van der Waals surface area contributed by atoms with Crippen LogP contribution in [0.4, 0.5) is 0 Å². The maximum atomic E-state index is 12.2. The SMILES string of the molecule is CON(C)S(=O)(=O)c1ccc(C(=O)OCc2ccc(C(C)(C)C)cc2)cc1. The van der Waals surface area contributed by atoms with Crippen LogP contribution in [-0.4, -0.2) is 33.0 Å². The molecule has 0 aliphatic heterocycles. The largest absolute Gasteiger partial charge is 0.457 e. The molecule has 2 rings (SSSR count). The Morgan fingerprint density at radius 2 is 1.56 bits per heavy atom. The number of benzene rings is 2. The lowest BCUT2D eigenvalue weighted by atomic mass is 9.87. The number of sulfonamides is 1. The minimum Gasteiger partial charge on any atom is -0.457 e. The molecule has 27 heavy (non-hydrogen) atoms. The Morgan fingerprint density at radius 1 is 1.00 bits per heavy atom. The third-order valence-electron chi connectivity index (χ3n) is 4.17. The van der Waals surface area contributed by atoms with E-state index in [4.69, 9.17) is 9.57 Å². The van der Waals surface area contributed by atoms with Gasteiger partial charge in [-0.3, -0.25) is 4.84 Å². The molecule has 0 fully saturated rings. The van der Waals surface area contributed by atoms with E-state index in [1.807, 2.05) is 24.3 Å². The fourth-order valence-electron chi connectivity index (χ4n) is 2.34. The molecule has 0 saturated carbocycles. The van der Waals surface area contributed by atoms with Crippen LogP contribution in [0.5, 0.6) is 0 Å². The highest BCUT2D eigenvalue weighted by Crippen LogP contribution is 2.22. The molecule has 0 aromatic heterocycles. The Kier molecular flexibility index (Phi) is 6.41. The number of carbonyl (C=O) groups excluding carboxylic acids is 1. The lowest BCUT2D eigenvalue weighted by Gasteiger charge is -2.19. The smallest absolute Gasteiger partial charge is 0.338 e. The van der Waals surface area contributed by atoms with Gasteiger partial charge in [-0.15, -0.1) is 0 Å². The van der Waals surface area contributed by atoms with E-state index in [1.165, 1.54) is 44.0 Å². The van der Waals surface area contributed by atoms with Crippen molar-refractivity contribution in [2.75, 3.05) is 14.2 Å². The van der Waals surface area contributed by atoms with Gasteiger partial charge in [0.25, 0.3) is 10.0 Å². The van der Waals surface area contributed by atoms with Gasteiger partial charge < -0.3 is 4.74 Å². The first-order valence-corrected chi connectivity index (χ1v) is 9.89. The molecule has 0 aliphatic carbocycles. The minimum atomic E-state index is -3.74. The highest BCUT2D eigenvalue weighted by atomic mass is 32.2. The maximum absolute atomic E-state index is 12.2. The molecular weight excluding hydrogens is 366 g/mol. The number of ether oxygens (including phenoxy) is 1. The summed E-state index contributed by atoms with van der Waals surface area (Å²) in [5.41, 5.74) is 2.43. The summed E-state index contributed by atoms with van der Waals surface area (Å²) in [6.07, 6.45) is 0. The maximum Gasteiger partial charge on any atom is 0.338 e. The fraction of sp³-hybridized carbons (Fsp3) is 0.350. The Labute approximate surface area is 160 Å². The van der Waals surface area contributed by atoms with E-state index in [0.29, 0.717) is 0 Å². The van der Waals surface area contributed by atoms with Crippen LogP contribution in [0.2, 0.25) is 0 Å². The number of hydrogen-bond acceptors (Lipinski definition) is 5. The Bertz CT molecular complexity index is 881. The van der Waals surface area contributed by atoms with Gasteiger partial charge in [-0.2, -0.15) is 0 Å². The second kappa shape index (κ2) is 8.21. The van der Waals surface area contributed by atoms with Crippen molar-refractivity contribution in [3.8, 4) is 0 Å². The van der Waals surface area contributed by atoms with Crippen molar-refractivity contribution >= 4 is 16.0 Å². The second-order valence-corrected chi connectivity index (χ2v) is 9.08. The van der Waals surface area contributed by atoms with Crippen LogP contribution in [0.3, 0.4) is 0 Å². The number of rotatable bonds is 6. The summed E-state index contributed by atoms with van der Waals surface area (Å²) in [5, 5.41) is 0. The monoisotopic (exact) mass is 391 g/mol. The first-order chi connectivity index (χ1) is 12.6. The third-order valence-corrected chi connectivity index (χ3v) is 5.87. The van der Waals surface area contributed by atoms with Gasteiger partial charge in [-0.1, -0.05) is 49.5 Å². The molecule has 0 radical (unpaired) electrons. The molecule has 2 aromatic carbocycles. The van der Waals surface area contributed by atoms with Crippen LogP contribution in [0.25, 0.3) is 0 Å². The standard InChI is InChI=1S/C20H25NO5S/c1-20(2,3)17-10-6-15(7-11-17)14-26-19(22)16-8-12-18(13-9-16)27(23,24)21(4)25-5/h6-13H,14H2,1-5H3. The Morgan fingerprint density at radius 3 is 2.04 bits per heavy atom. The van der Waals surface area contributed by atoms with E-state index in [1.54, 1.807) is 0 Å². The molecule has 6 nitrogen and oxygen atoms in total. The lowest BCUT2D eigenvalue weighted by Crippen LogP contribution is -2.25. The lowest BCUT2D eigenvalue weighted by molar-refractivity contribution is -0.0258. The predicted octanol–water partition coefficient (Wildman–Crippen LogP) is 3.52. The van der Waals surface area contributed by atoms with Gasteiger partial charge in [-0.05, 0) is 40.8 Å². The Balaban J connectivity index is 2.02. The van der Waals surface area contributed by atoms with E-state index in [9.17, 15) is 13.2 Å². The summed E-state index contributed by atoms with van der Waals surface area (Å²) in [5.74, 6) is -0.515. The topological polar surface area (TPSA) is 72.9 Å². The second-order valence-electron chi connectivity index (χ2n) is 7.14. The quantitative estimate of drug-likeness (QED) is 0.556. The molecular formula is C20H25NO5S. The van der Waals surface area contributed by atoms with Crippen molar-refractivity contribution < 1.29 is 22.8 Å². The molecule has 7 heteroatoms. The van der Waals surface area contributed by atoms with Crippen LogP contribution < -0.4 is 0 Å². The molecule has 0 amide bonds. The van der Waals surface area contributed by atoms with Gasteiger partial charge >= 0.3 is 5.97 Å². The summed E-state index contributed by atoms with van der Waals surface area (Å²) in [7, 11) is -1.19.